The molecule has 7 heterocycles. The molecule has 62 heavy (non-hydrogen) atoms. The smallest absolute Gasteiger partial charge is 0.280 e. The molecule has 3 nitrogen and oxygen atoms in total. The molecule has 0 saturated carbocycles. The van der Waals surface area contributed by atoms with E-state index in [1.54, 1.807) is 0 Å². The maximum absolute atomic E-state index is 4.24. The second kappa shape index (κ2) is 10.3. The van der Waals surface area contributed by atoms with Gasteiger partial charge in [0.05, 0.1) is 11.0 Å². The van der Waals surface area contributed by atoms with E-state index in [4.69, 9.17) is 0 Å². The van der Waals surface area contributed by atoms with E-state index in [1.165, 1.54) is 154 Å². The third-order valence-electron chi connectivity index (χ3n) is 15.5. The standard InChI is InChI=1S/C57H29B2N3/c1-3-14-32-26-47-40(24-30(32)12-1)36-20-11-21-39-51-38-19-8-9-22-42(38)58-44-28-45-49(29-46(44)60-57(54(51)58)62(47)55(36)39)61-48-27-33-15-4-2-13-31(33)25-41(48)52-35-17-6-5-16-34(35)50-37-18-7-10-23-43(37)59(45)53(50)56(52)61/h1-29H/p+1. The van der Waals surface area contributed by atoms with Gasteiger partial charge in [0.25, 0.3) is 12.5 Å². The number of hydrogen-bond donors (Lipinski definition) is 1. The molecule has 0 unspecified atom stereocenters. The molecule has 12 aromatic rings. The Morgan fingerprint density at radius 3 is 1.84 bits per heavy atom. The Morgan fingerprint density at radius 2 is 1.05 bits per heavy atom. The van der Waals surface area contributed by atoms with Gasteiger partial charge in [-0.2, -0.15) is 4.57 Å². The molecule has 0 bridgehead atoms. The zero-order chi connectivity index (χ0) is 39.7. The van der Waals surface area contributed by atoms with Crippen molar-refractivity contribution in [3.8, 4) is 44.8 Å². The lowest BCUT2D eigenvalue weighted by Gasteiger charge is -2.29. The predicted octanol–water partition coefficient (Wildman–Crippen LogP) is 9.02. The van der Waals surface area contributed by atoms with Crippen molar-refractivity contribution in [2.24, 2.45) is 0 Å². The number of nitrogens with zero attached hydrogens (tertiary/aromatic N) is 2. The van der Waals surface area contributed by atoms with Crippen LogP contribution in [0.4, 0.5) is 11.5 Å². The number of fused-ring (bicyclic) bond motifs is 24. The van der Waals surface area contributed by atoms with Gasteiger partial charge in [-0.3, -0.25) is 0 Å². The number of para-hydroxylation sites is 1. The molecule has 0 fully saturated rings. The maximum Gasteiger partial charge on any atom is 0.280 e. The Morgan fingerprint density at radius 1 is 0.435 bits per heavy atom. The number of hydrogen-bond acceptors (Lipinski definition) is 1. The minimum absolute atomic E-state index is 0.0820. The van der Waals surface area contributed by atoms with E-state index in [1.807, 2.05) is 0 Å². The number of nitrogens with one attached hydrogen (secondary N) is 1. The molecule has 5 aliphatic heterocycles. The summed E-state index contributed by atoms with van der Waals surface area (Å²) in [5, 5.41) is 16.0. The Kier molecular flexibility index (Phi) is 5.18. The molecular formula is C57H30B2N3+. The van der Waals surface area contributed by atoms with Gasteiger partial charge in [-0.1, -0.05) is 150 Å². The summed E-state index contributed by atoms with van der Waals surface area (Å²) in [6.07, 6.45) is 0. The first-order chi connectivity index (χ1) is 30.8. The Hall–Kier alpha value is -7.88. The molecule has 0 radical (unpaired) electrons. The van der Waals surface area contributed by atoms with Gasteiger partial charge < -0.3 is 4.57 Å². The lowest BCUT2D eigenvalue weighted by Crippen LogP contribution is -2.60. The highest BCUT2D eigenvalue weighted by molar-refractivity contribution is 7.04. The highest BCUT2D eigenvalue weighted by Gasteiger charge is 2.50. The minimum atomic E-state index is 0.0820. The lowest BCUT2D eigenvalue weighted by molar-refractivity contribution is -0.546. The van der Waals surface area contributed by atoms with E-state index in [-0.39, 0.29) is 13.4 Å². The van der Waals surface area contributed by atoms with Crippen LogP contribution in [0.5, 0.6) is 0 Å². The fraction of sp³-hybridized carbons (Fsp3) is 0. The monoisotopic (exact) mass is 778 g/mol. The Balaban J connectivity index is 1.03. The second-order valence-electron chi connectivity index (χ2n) is 18.2. The summed E-state index contributed by atoms with van der Waals surface area (Å²) < 4.78 is 5.22. The van der Waals surface area contributed by atoms with Crippen LogP contribution in [0, 0.1) is 0 Å². The van der Waals surface area contributed by atoms with E-state index in [0.717, 1.165) is 0 Å². The van der Waals surface area contributed by atoms with Gasteiger partial charge in [-0.15, -0.1) is 0 Å². The summed E-state index contributed by atoms with van der Waals surface area (Å²) in [4.78, 5) is 0. The van der Waals surface area contributed by atoms with Gasteiger partial charge in [0, 0.05) is 44.5 Å². The van der Waals surface area contributed by atoms with Gasteiger partial charge in [0.2, 0.25) is 6.71 Å². The first-order valence-corrected chi connectivity index (χ1v) is 21.9. The summed E-state index contributed by atoms with van der Waals surface area (Å²) in [5.74, 6) is 1.19. The van der Waals surface area contributed by atoms with Crippen molar-refractivity contribution in [3.63, 3.8) is 0 Å². The molecule has 0 spiro atoms. The molecule has 0 aliphatic carbocycles. The number of pyridine rings is 1. The molecule has 2 aromatic heterocycles. The zero-order valence-electron chi connectivity index (χ0n) is 33.3. The fourth-order valence-electron chi connectivity index (χ4n) is 13.2. The van der Waals surface area contributed by atoms with Crippen LogP contribution in [0.1, 0.15) is 0 Å². The second-order valence-corrected chi connectivity index (χ2v) is 18.2. The third-order valence-corrected chi connectivity index (χ3v) is 15.5. The van der Waals surface area contributed by atoms with Crippen LogP contribution in [0.15, 0.2) is 176 Å². The van der Waals surface area contributed by atoms with Gasteiger partial charge >= 0.3 is 0 Å². The van der Waals surface area contributed by atoms with Crippen LogP contribution in [-0.4, -0.2) is 18.0 Å². The molecule has 10 aromatic carbocycles. The molecule has 5 heteroatoms. The molecule has 0 saturated heterocycles. The van der Waals surface area contributed by atoms with E-state index < -0.39 is 0 Å². The Labute approximate surface area is 356 Å². The average molecular weight is 779 g/mol. The number of aromatic nitrogens is 2. The van der Waals surface area contributed by atoms with E-state index in [2.05, 4.69) is 190 Å². The third kappa shape index (κ3) is 3.37. The predicted molar refractivity (Wildman–Crippen MR) is 261 cm³/mol. The van der Waals surface area contributed by atoms with Crippen LogP contribution in [-0.2, 0) is 0 Å². The topological polar surface area (TPSA) is 20.8 Å². The van der Waals surface area contributed by atoms with Gasteiger partial charge in [0.1, 0.15) is 16.9 Å². The van der Waals surface area contributed by atoms with Crippen molar-refractivity contribution in [2.45, 2.75) is 0 Å². The SMILES string of the molecule is c1ccc2c(c1)B1c3cc4c(cc3-n3c5cc6ccccc6cc5c5c6ccccc6c-2c1c53)Nc1c2c(c3cccc5c3[n+]1-c1cc3ccccc3cc1-5)-c1ccccc1B42. The lowest BCUT2D eigenvalue weighted by atomic mass is 9.34. The van der Waals surface area contributed by atoms with Crippen LogP contribution in [0.25, 0.3) is 110 Å². The van der Waals surface area contributed by atoms with Crippen molar-refractivity contribution < 1.29 is 4.57 Å². The minimum Gasteiger partial charge on any atom is -0.310 e. The van der Waals surface area contributed by atoms with Gasteiger partial charge in [0.15, 0.2) is 0 Å². The van der Waals surface area contributed by atoms with Gasteiger partial charge in [-0.05, 0) is 101 Å². The first kappa shape index (κ1) is 31.1. The Bertz CT molecular complexity index is 4220. The van der Waals surface area contributed by atoms with Crippen LogP contribution in [0.3, 0.4) is 0 Å². The number of benzene rings is 10. The average Bonchev–Trinajstić information content (AvgIpc) is 4.05. The summed E-state index contributed by atoms with van der Waals surface area (Å²) in [5.41, 5.74) is 24.1. The molecular weight excluding hydrogens is 748 g/mol. The summed E-state index contributed by atoms with van der Waals surface area (Å²) in [7, 11) is 0. The zero-order valence-corrected chi connectivity index (χ0v) is 33.3. The highest BCUT2D eigenvalue weighted by atomic mass is 15.1. The van der Waals surface area contributed by atoms with Crippen molar-refractivity contribution in [1.29, 1.82) is 0 Å². The van der Waals surface area contributed by atoms with E-state index in [9.17, 15) is 0 Å². The first-order valence-electron chi connectivity index (χ1n) is 21.9. The van der Waals surface area contributed by atoms with Crippen LogP contribution in [0.2, 0.25) is 0 Å². The van der Waals surface area contributed by atoms with E-state index >= 15 is 0 Å². The van der Waals surface area contributed by atoms with Crippen LogP contribution >= 0.6 is 0 Å². The molecule has 5 aliphatic rings. The normalized spacial score (nSPS) is 13.9. The van der Waals surface area contributed by atoms with Crippen molar-refractivity contribution in [1.82, 2.24) is 4.57 Å². The van der Waals surface area contributed by atoms with E-state index in [0.29, 0.717) is 0 Å². The summed E-state index contributed by atoms with van der Waals surface area (Å²) in [6, 6.07) is 67.2. The van der Waals surface area contributed by atoms with Crippen LogP contribution < -0.4 is 42.7 Å². The highest BCUT2D eigenvalue weighted by Crippen LogP contribution is 2.47. The maximum atomic E-state index is 4.24. The molecule has 1 N–H and O–H groups in total. The fourth-order valence-corrected chi connectivity index (χ4v) is 13.2. The molecule has 278 valence electrons. The van der Waals surface area contributed by atoms with Crippen molar-refractivity contribution >= 4 is 123 Å². The van der Waals surface area contributed by atoms with Gasteiger partial charge in [-0.25, -0.2) is 5.32 Å². The quantitative estimate of drug-likeness (QED) is 0.121. The molecule has 0 amide bonds. The molecule has 0 atom stereocenters. The number of anilines is 2. The van der Waals surface area contributed by atoms with Crippen molar-refractivity contribution in [3.05, 3.63) is 176 Å². The summed E-state index contributed by atoms with van der Waals surface area (Å²) >= 11 is 0. The largest absolute Gasteiger partial charge is 0.310 e. The summed E-state index contributed by atoms with van der Waals surface area (Å²) in [6.45, 7) is 0.197. The van der Waals surface area contributed by atoms with Crippen molar-refractivity contribution in [2.75, 3.05) is 5.32 Å². The number of rotatable bonds is 0. The molecule has 17 rings (SSSR count).